The quantitative estimate of drug-likeness (QED) is 0.405. The number of rotatable bonds is 10. The summed E-state index contributed by atoms with van der Waals surface area (Å²) in [5, 5.41) is 22.1. The highest BCUT2D eigenvalue weighted by molar-refractivity contribution is 5.94. The van der Waals surface area contributed by atoms with Gasteiger partial charge < -0.3 is 26.4 Å². The van der Waals surface area contributed by atoms with Crippen molar-refractivity contribution in [3.63, 3.8) is 0 Å². The van der Waals surface area contributed by atoms with E-state index in [4.69, 9.17) is 0 Å². The molecule has 26 heavy (non-hydrogen) atoms. The first-order valence-corrected chi connectivity index (χ1v) is 8.82. The zero-order valence-corrected chi connectivity index (χ0v) is 15.8. The van der Waals surface area contributed by atoms with Gasteiger partial charge in [-0.25, -0.2) is 9.97 Å². The molecule has 1 atom stereocenters. The van der Waals surface area contributed by atoms with Crippen LogP contribution in [0.5, 0.6) is 0 Å². The molecule has 0 aromatic carbocycles. The second kappa shape index (κ2) is 9.14. The first-order chi connectivity index (χ1) is 12.4. The number of anilines is 4. The molecule has 2 rings (SSSR count). The predicted molar refractivity (Wildman–Crippen MR) is 107 cm³/mol. The summed E-state index contributed by atoms with van der Waals surface area (Å²) < 4.78 is 0. The molecule has 2 aromatic rings. The minimum atomic E-state index is -0.505. The molecule has 0 aliphatic heterocycles. The van der Waals surface area contributed by atoms with Crippen molar-refractivity contribution in [3.8, 4) is 0 Å². The fourth-order valence-electron chi connectivity index (χ4n) is 2.22. The molecule has 2 aromatic heterocycles. The molecule has 5 N–H and O–H groups in total. The third-order valence-electron chi connectivity index (χ3n) is 3.34. The third-order valence-corrected chi connectivity index (χ3v) is 3.34. The lowest BCUT2D eigenvalue weighted by molar-refractivity contribution is 0.208. The van der Waals surface area contributed by atoms with Crippen LogP contribution in [0.3, 0.4) is 0 Å². The van der Waals surface area contributed by atoms with Crippen LogP contribution in [0.25, 0.3) is 11.0 Å². The minimum absolute atomic E-state index is 0.354. The molecule has 142 valence electrons. The van der Waals surface area contributed by atoms with Crippen molar-refractivity contribution in [2.75, 3.05) is 47.4 Å². The van der Waals surface area contributed by atoms with E-state index in [9.17, 15) is 5.11 Å². The maximum atomic E-state index is 9.49. The zero-order valence-electron chi connectivity index (χ0n) is 15.8. The number of nitrogens with zero attached hydrogens (tertiary/aromatic N) is 4. The monoisotopic (exact) mass is 360 g/mol. The van der Waals surface area contributed by atoms with Gasteiger partial charge in [0.15, 0.2) is 11.6 Å². The largest absolute Gasteiger partial charge is 0.392 e. The van der Waals surface area contributed by atoms with Crippen molar-refractivity contribution in [2.24, 2.45) is 0 Å². The molecule has 9 nitrogen and oxygen atoms in total. The average Bonchev–Trinajstić information content (AvgIpc) is 2.59. The summed E-state index contributed by atoms with van der Waals surface area (Å²) in [5.41, 5.74) is 2.23. The molecule has 0 unspecified atom stereocenters. The molecule has 9 heteroatoms. The van der Waals surface area contributed by atoms with Gasteiger partial charge in [0.2, 0.25) is 11.9 Å². The fourth-order valence-corrected chi connectivity index (χ4v) is 2.22. The average molecular weight is 360 g/mol. The highest BCUT2D eigenvalue weighted by atomic mass is 16.3. The number of aliphatic hydroxyl groups excluding tert-OH is 1. The van der Waals surface area contributed by atoms with Gasteiger partial charge in [-0.3, -0.25) is 0 Å². The van der Waals surface area contributed by atoms with E-state index in [0.29, 0.717) is 60.7 Å². The van der Waals surface area contributed by atoms with Crippen LogP contribution in [0.15, 0.2) is 12.2 Å². The van der Waals surface area contributed by atoms with Crippen molar-refractivity contribution < 1.29 is 5.11 Å². The second-order valence-corrected chi connectivity index (χ2v) is 6.09. The molecule has 0 saturated heterocycles. The van der Waals surface area contributed by atoms with Crippen molar-refractivity contribution in [2.45, 2.75) is 33.8 Å². The van der Waals surface area contributed by atoms with Crippen molar-refractivity contribution >= 4 is 34.6 Å². The van der Waals surface area contributed by atoms with E-state index >= 15 is 0 Å². The van der Waals surface area contributed by atoms with E-state index in [2.05, 4.69) is 47.8 Å². The predicted octanol–water partition coefficient (Wildman–Crippen LogP) is 2.06. The molecule has 0 amide bonds. The summed E-state index contributed by atoms with van der Waals surface area (Å²) in [4.78, 5) is 18.1. The van der Waals surface area contributed by atoms with Crippen LogP contribution < -0.4 is 21.3 Å². The highest BCUT2D eigenvalue weighted by Gasteiger charge is 2.15. The normalized spacial score (nSPS) is 11.9. The maximum absolute atomic E-state index is 9.49. The van der Waals surface area contributed by atoms with Gasteiger partial charge in [-0.1, -0.05) is 12.2 Å². The zero-order chi connectivity index (χ0) is 19.1. The Hall–Kier alpha value is -2.68. The van der Waals surface area contributed by atoms with Crippen molar-refractivity contribution in [3.05, 3.63) is 12.2 Å². The van der Waals surface area contributed by atoms with E-state index in [-0.39, 0.29) is 0 Å². The van der Waals surface area contributed by atoms with Gasteiger partial charge in [-0.15, -0.1) is 0 Å². The molecule has 0 radical (unpaired) electrons. The number of hydrogen-bond donors (Lipinski definition) is 5. The molecular weight excluding hydrogens is 332 g/mol. The minimum Gasteiger partial charge on any atom is -0.392 e. The van der Waals surface area contributed by atoms with Gasteiger partial charge in [0.05, 0.1) is 6.10 Å². The number of aliphatic hydroxyl groups is 1. The molecule has 0 aliphatic rings. The maximum Gasteiger partial charge on any atom is 0.225 e. The first kappa shape index (κ1) is 19.6. The Morgan fingerprint density at radius 1 is 0.923 bits per heavy atom. The Kier molecular flexibility index (Phi) is 6.90. The third kappa shape index (κ3) is 5.16. The van der Waals surface area contributed by atoms with Gasteiger partial charge in [0.25, 0.3) is 0 Å². The van der Waals surface area contributed by atoms with Crippen LogP contribution in [0, 0.1) is 0 Å². The SMILES string of the molecule is C=C(C)CNc1nc(NCC)c2nc(NC[C@@H](C)O)nc(NCC)c2n1. The second-order valence-electron chi connectivity index (χ2n) is 6.09. The lowest BCUT2D eigenvalue weighted by atomic mass is 10.3. The van der Waals surface area contributed by atoms with Gasteiger partial charge >= 0.3 is 0 Å². The lowest BCUT2D eigenvalue weighted by Crippen LogP contribution is -2.18. The number of hydrogen-bond acceptors (Lipinski definition) is 9. The van der Waals surface area contributed by atoms with Crippen LogP contribution in [0.4, 0.5) is 23.5 Å². The summed E-state index contributed by atoms with van der Waals surface area (Å²) in [6, 6.07) is 0. The number of nitrogens with one attached hydrogen (secondary N) is 4. The van der Waals surface area contributed by atoms with E-state index in [1.165, 1.54) is 0 Å². The summed E-state index contributed by atoms with van der Waals surface area (Å²) in [6.07, 6.45) is -0.505. The Bertz CT molecular complexity index is 762. The molecule has 0 aliphatic carbocycles. The molecule has 0 saturated carbocycles. The molecular formula is C17H28N8O. The van der Waals surface area contributed by atoms with Crippen LogP contribution in [0.2, 0.25) is 0 Å². The topological polar surface area (TPSA) is 120 Å². The molecule has 0 bridgehead atoms. The smallest absolute Gasteiger partial charge is 0.225 e. The van der Waals surface area contributed by atoms with Crippen LogP contribution in [-0.4, -0.2) is 57.3 Å². The lowest BCUT2D eigenvalue weighted by Gasteiger charge is -2.15. The van der Waals surface area contributed by atoms with Crippen LogP contribution >= 0.6 is 0 Å². The highest BCUT2D eigenvalue weighted by Crippen LogP contribution is 2.26. The Morgan fingerprint density at radius 2 is 1.42 bits per heavy atom. The first-order valence-electron chi connectivity index (χ1n) is 8.82. The van der Waals surface area contributed by atoms with Gasteiger partial charge in [0, 0.05) is 26.2 Å². The number of aromatic nitrogens is 4. The van der Waals surface area contributed by atoms with Crippen molar-refractivity contribution in [1.82, 2.24) is 19.9 Å². The van der Waals surface area contributed by atoms with Gasteiger partial charge in [0.1, 0.15) is 11.0 Å². The standard InChI is InChI=1S/C17H28N8O/c1-6-18-14-13-12(22-16(24-14)20-8-10(3)4)15(19-7-2)25-17(23-13)21-9-11(5)26/h11,26H,3,6-9H2,1-2,4-5H3,(H2,18,20,22,24)(H2,19,21,23,25)/t11-/m1/s1. The Labute approximate surface area is 153 Å². The molecule has 0 spiro atoms. The van der Waals surface area contributed by atoms with Crippen LogP contribution in [-0.2, 0) is 0 Å². The van der Waals surface area contributed by atoms with Crippen LogP contribution in [0.1, 0.15) is 27.7 Å². The number of fused-ring (bicyclic) bond motifs is 1. The Balaban J connectivity index is 2.53. The molecule has 0 fully saturated rings. The summed E-state index contributed by atoms with van der Waals surface area (Å²) >= 11 is 0. The fraction of sp³-hybridized carbons (Fsp3) is 0.529. The van der Waals surface area contributed by atoms with E-state index in [1.807, 2.05) is 20.8 Å². The summed E-state index contributed by atoms with van der Waals surface area (Å²) in [7, 11) is 0. The van der Waals surface area contributed by atoms with E-state index in [1.54, 1.807) is 6.92 Å². The van der Waals surface area contributed by atoms with Gasteiger partial charge in [-0.05, 0) is 27.7 Å². The van der Waals surface area contributed by atoms with Crippen molar-refractivity contribution in [1.29, 1.82) is 0 Å². The Morgan fingerprint density at radius 3 is 1.85 bits per heavy atom. The molecule has 2 heterocycles. The summed E-state index contributed by atoms with van der Waals surface area (Å²) in [6.45, 7) is 13.8. The van der Waals surface area contributed by atoms with E-state index in [0.717, 1.165) is 5.57 Å². The van der Waals surface area contributed by atoms with E-state index < -0.39 is 6.10 Å². The van der Waals surface area contributed by atoms with Gasteiger partial charge in [-0.2, -0.15) is 9.97 Å². The summed E-state index contributed by atoms with van der Waals surface area (Å²) in [5.74, 6) is 2.15.